The van der Waals surface area contributed by atoms with E-state index in [1.54, 1.807) is 36.4 Å². The van der Waals surface area contributed by atoms with Crippen LogP contribution in [0.15, 0.2) is 53.4 Å². The molecule has 7 nitrogen and oxygen atoms in total. The van der Waals surface area contributed by atoms with E-state index in [4.69, 9.17) is 10.5 Å². The monoisotopic (exact) mass is 364 g/mol. The highest BCUT2D eigenvalue weighted by Crippen LogP contribution is 2.23. The molecule has 8 heteroatoms. The number of nitrogens with one attached hydrogen (secondary N) is 1. The minimum Gasteiger partial charge on any atom is -0.497 e. The van der Waals surface area contributed by atoms with Gasteiger partial charge in [0.25, 0.3) is 0 Å². The van der Waals surface area contributed by atoms with Gasteiger partial charge in [-0.3, -0.25) is 4.79 Å². The number of carboxylic acid groups (broad SMARTS) is 1. The number of sulfonamides is 1. The fourth-order valence-corrected chi connectivity index (χ4v) is 3.50. The fraction of sp³-hybridized carbons (Fsp3) is 0.235. The molecule has 2 aromatic carbocycles. The van der Waals surface area contributed by atoms with Gasteiger partial charge in [-0.05, 0) is 36.8 Å². The summed E-state index contributed by atoms with van der Waals surface area (Å²) in [5.74, 6) is -0.750. The molecule has 0 aliphatic rings. The molecule has 4 N–H and O–H groups in total. The third kappa shape index (κ3) is 4.56. The molecule has 0 radical (unpaired) electrons. The number of aliphatic carboxylic acids is 1. The summed E-state index contributed by atoms with van der Waals surface area (Å²) in [6.45, 7) is 1.84. The summed E-state index contributed by atoms with van der Waals surface area (Å²) in [5, 5.41) is 9.23. The number of aryl methyl sites for hydroxylation is 1. The predicted molar refractivity (Wildman–Crippen MR) is 92.8 cm³/mol. The lowest BCUT2D eigenvalue weighted by atomic mass is 10.0. The SMILES string of the molecule is COc1ccc([C@H](NS(=O)(=O)c2ccc(C)cc2)[C@H](N)C(=O)O)cc1. The van der Waals surface area contributed by atoms with Crippen molar-refractivity contribution in [2.24, 2.45) is 5.73 Å². The van der Waals surface area contributed by atoms with Crippen LogP contribution < -0.4 is 15.2 Å². The van der Waals surface area contributed by atoms with Gasteiger partial charge in [-0.1, -0.05) is 29.8 Å². The lowest BCUT2D eigenvalue weighted by molar-refractivity contribution is -0.139. The standard InChI is InChI=1S/C17H20N2O5S/c1-11-3-9-14(10-4-11)25(22,23)19-16(15(18)17(20)21)12-5-7-13(24-2)8-6-12/h3-10,15-16,19H,18H2,1-2H3,(H,20,21)/t15-,16-/m0/s1. The van der Waals surface area contributed by atoms with E-state index in [9.17, 15) is 18.3 Å². The molecule has 0 bridgehead atoms. The molecule has 134 valence electrons. The summed E-state index contributed by atoms with van der Waals surface area (Å²) in [4.78, 5) is 11.4. The van der Waals surface area contributed by atoms with Crippen molar-refractivity contribution in [1.82, 2.24) is 4.72 Å². The topological polar surface area (TPSA) is 119 Å². The van der Waals surface area contributed by atoms with Gasteiger partial charge in [0.2, 0.25) is 10.0 Å². The maximum Gasteiger partial charge on any atom is 0.322 e. The first kappa shape index (κ1) is 18.9. The van der Waals surface area contributed by atoms with Crippen molar-refractivity contribution >= 4 is 16.0 Å². The first-order valence-corrected chi connectivity index (χ1v) is 8.94. The summed E-state index contributed by atoms with van der Waals surface area (Å²) in [5.41, 5.74) is 7.05. The lowest BCUT2D eigenvalue weighted by Crippen LogP contribution is -2.45. The Balaban J connectivity index is 2.38. The van der Waals surface area contributed by atoms with E-state index < -0.39 is 28.1 Å². The molecule has 0 aliphatic heterocycles. The number of ether oxygens (including phenoxy) is 1. The van der Waals surface area contributed by atoms with Crippen molar-refractivity contribution in [2.45, 2.75) is 23.9 Å². The molecule has 0 unspecified atom stereocenters. The van der Waals surface area contributed by atoms with E-state index in [-0.39, 0.29) is 4.90 Å². The van der Waals surface area contributed by atoms with E-state index in [2.05, 4.69) is 4.72 Å². The Bertz CT molecular complexity index is 832. The van der Waals surface area contributed by atoms with Gasteiger partial charge < -0.3 is 15.6 Å². The third-order valence-corrected chi connectivity index (χ3v) is 5.19. The minimum absolute atomic E-state index is 0.0363. The minimum atomic E-state index is -3.94. The molecule has 0 heterocycles. The zero-order valence-electron chi connectivity index (χ0n) is 13.8. The van der Waals surface area contributed by atoms with Gasteiger partial charge in [0.15, 0.2) is 0 Å². The van der Waals surface area contributed by atoms with Crippen molar-refractivity contribution < 1.29 is 23.1 Å². The Morgan fingerprint density at radius 1 is 1.12 bits per heavy atom. The molecule has 0 saturated heterocycles. The number of benzene rings is 2. The molecule has 0 fully saturated rings. The Morgan fingerprint density at radius 2 is 1.68 bits per heavy atom. The molecule has 2 aromatic rings. The predicted octanol–water partition coefficient (Wildman–Crippen LogP) is 1.44. The Morgan fingerprint density at radius 3 is 2.16 bits per heavy atom. The summed E-state index contributed by atoms with van der Waals surface area (Å²) >= 11 is 0. The van der Waals surface area contributed by atoms with Crippen LogP contribution in [-0.2, 0) is 14.8 Å². The molecule has 0 amide bonds. The van der Waals surface area contributed by atoms with E-state index in [1.165, 1.54) is 19.2 Å². The third-order valence-electron chi connectivity index (χ3n) is 3.73. The number of carbonyl (C=O) groups is 1. The first-order chi connectivity index (χ1) is 11.7. The highest BCUT2D eigenvalue weighted by Gasteiger charge is 2.30. The van der Waals surface area contributed by atoms with Gasteiger partial charge >= 0.3 is 5.97 Å². The summed E-state index contributed by atoms with van der Waals surface area (Å²) in [7, 11) is -2.45. The molecule has 25 heavy (non-hydrogen) atoms. The zero-order valence-corrected chi connectivity index (χ0v) is 14.7. The van der Waals surface area contributed by atoms with Crippen LogP contribution in [0.1, 0.15) is 17.2 Å². The number of rotatable bonds is 7. The normalized spacial score (nSPS) is 13.9. The van der Waals surface area contributed by atoms with Crippen molar-refractivity contribution in [3.05, 3.63) is 59.7 Å². The summed E-state index contributed by atoms with van der Waals surface area (Å²) in [6, 6.07) is 10.0. The van der Waals surface area contributed by atoms with E-state index in [1.807, 2.05) is 6.92 Å². The molecular formula is C17H20N2O5S. The first-order valence-electron chi connectivity index (χ1n) is 7.46. The molecule has 0 aliphatic carbocycles. The van der Waals surface area contributed by atoms with Gasteiger partial charge in [-0.25, -0.2) is 13.1 Å². The van der Waals surface area contributed by atoms with Crippen LogP contribution in [0, 0.1) is 6.92 Å². The Hall–Kier alpha value is -2.42. The van der Waals surface area contributed by atoms with E-state index >= 15 is 0 Å². The van der Waals surface area contributed by atoms with E-state index in [0.717, 1.165) is 5.56 Å². The van der Waals surface area contributed by atoms with Crippen molar-refractivity contribution in [3.8, 4) is 5.75 Å². The zero-order chi connectivity index (χ0) is 18.6. The fourth-order valence-electron chi connectivity index (χ4n) is 2.26. The lowest BCUT2D eigenvalue weighted by Gasteiger charge is -2.23. The molecule has 0 spiro atoms. The van der Waals surface area contributed by atoms with E-state index in [0.29, 0.717) is 11.3 Å². The van der Waals surface area contributed by atoms with Crippen LogP contribution in [0.5, 0.6) is 5.75 Å². The quantitative estimate of drug-likeness (QED) is 0.684. The van der Waals surface area contributed by atoms with Gasteiger partial charge in [0.05, 0.1) is 18.0 Å². The van der Waals surface area contributed by atoms with Crippen LogP contribution in [0.3, 0.4) is 0 Å². The van der Waals surface area contributed by atoms with Crippen LogP contribution in [0.2, 0.25) is 0 Å². The maximum atomic E-state index is 12.6. The van der Waals surface area contributed by atoms with Gasteiger partial charge in [-0.2, -0.15) is 0 Å². The molecule has 2 atom stereocenters. The van der Waals surface area contributed by atoms with Gasteiger partial charge in [0, 0.05) is 0 Å². The van der Waals surface area contributed by atoms with Crippen molar-refractivity contribution in [1.29, 1.82) is 0 Å². The van der Waals surface area contributed by atoms with Crippen LogP contribution in [0.4, 0.5) is 0 Å². The summed E-state index contributed by atoms with van der Waals surface area (Å²) in [6.07, 6.45) is 0. The highest BCUT2D eigenvalue weighted by atomic mass is 32.2. The molecule has 0 aromatic heterocycles. The Kier molecular flexibility index (Phi) is 5.78. The number of methoxy groups -OCH3 is 1. The van der Waals surface area contributed by atoms with Crippen LogP contribution in [-0.4, -0.2) is 32.6 Å². The van der Waals surface area contributed by atoms with Gasteiger partial charge in [-0.15, -0.1) is 0 Å². The number of hydrogen-bond acceptors (Lipinski definition) is 5. The molecule has 0 saturated carbocycles. The van der Waals surface area contributed by atoms with Crippen molar-refractivity contribution in [3.63, 3.8) is 0 Å². The average molecular weight is 364 g/mol. The van der Waals surface area contributed by atoms with Crippen molar-refractivity contribution in [2.75, 3.05) is 7.11 Å². The number of nitrogens with two attached hydrogens (primary N) is 1. The second-order valence-corrected chi connectivity index (χ2v) is 7.26. The highest BCUT2D eigenvalue weighted by molar-refractivity contribution is 7.89. The smallest absolute Gasteiger partial charge is 0.322 e. The Labute approximate surface area is 146 Å². The largest absolute Gasteiger partial charge is 0.497 e. The number of hydrogen-bond donors (Lipinski definition) is 3. The summed E-state index contributed by atoms with van der Waals surface area (Å²) < 4.78 is 32.6. The average Bonchev–Trinajstić information content (AvgIpc) is 2.59. The van der Waals surface area contributed by atoms with Gasteiger partial charge in [0.1, 0.15) is 11.8 Å². The second-order valence-electron chi connectivity index (χ2n) is 5.55. The van der Waals surface area contributed by atoms with Crippen LogP contribution >= 0.6 is 0 Å². The molecule has 2 rings (SSSR count). The molecular weight excluding hydrogens is 344 g/mol. The number of carboxylic acids is 1. The second kappa shape index (κ2) is 7.64. The van der Waals surface area contributed by atoms with Crippen LogP contribution in [0.25, 0.3) is 0 Å². The maximum absolute atomic E-state index is 12.6.